The molecule has 3 rings (SSSR count). The van der Waals surface area contributed by atoms with Gasteiger partial charge in [0, 0.05) is 6.26 Å². The molecule has 0 fully saturated rings. The van der Waals surface area contributed by atoms with Crippen LogP contribution in [0.4, 0.5) is 5.69 Å². The Morgan fingerprint density at radius 1 is 1.14 bits per heavy atom. The lowest BCUT2D eigenvalue weighted by molar-refractivity contribution is 0.210. The van der Waals surface area contributed by atoms with E-state index in [2.05, 4.69) is 5.32 Å². The van der Waals surface area contributed by atoms with Gasteiger partial charge in [-0.05, 0) is 36.2 Å². The Bertz CT molecular complexity index is 767. The molecule has 0 saturated carbocycles. The summed E-state index contributed by atoms with van der Waals surface area (Å²) in [5, 5.41) is 3.38. The molecule has 0 aromatic heterocycles. The Morgan fingerprint density at radius 3 is 2.52 bits per heavy atom. The van der Waals surface area contributed by atoms with Crippen molar-refractivity contribution in [1.29, 1.82) is 0 Å². The first-order valence-electron chi connectivity index (χ1n) is 6.75. The van der Waals surface area contributed by atoms with Crippen molar-refractivity contribution < 1.29 is 13.2 Å². The van der Waals surface area contributed by atoms with Gasteiger partial charge in [-0.2, -0.15) is 0 Å². The molecule has 2 aromatic carbocycles. The first-order valence-corrected chi connectivity index (χ1v) is 8.64. The second-order valence-electron chi connectivity index (χ2n) is 5.28. The van der Waals surface area contributed by atoms with Gasteiger partial charge in [0.25, 0.3) is 0 Å². The van der Waals surface area contributed by atoms with Crippen LogP contribution in [0.25, 0.3) is 0 Å². The zero-order valence-electron chi connectivity index (χ0n) is 12.0. The van der Waals surface area contributed by atoms with Crippen LogP contribution in [0, 0.1) is 6.92 Å². The van der Waals surface area contributed by atoms with Crippen LogP contribution in [-0.4, -0.2) is 21.2 Å². The summed E-state index contributed by atoms with van der Waals surface area (Å²) in [4.78, 5) is 0.325. The smallest absolute Gasteiger partial charge is 0.175 e. The first-order chi connectivity index (χ1) is 9.95. The number of para-hydroxylation sites is 1. The van der Waals surface area contributed by atoms with E-state index in [0.29, 0.717) is 11.4 Å². The van der Waals surface area contributed by atoms with Gasteiger partial charge < -0.3 is 10.1 Å². The second kappa shape index (κ2) is 5.07. The van der Waals surface area contributed by atoms with Gasteiger partial charge in [0.1, 0.15) is 11.9 Å². The highest BCUT2D eigenvalue weighted by Gasteiger charge is 2.22. The average Bonchev–Trinajstić information content (AvgIpc) is 2.46. The molecular formula is C16H17NO3S. The third-order valence-electron chi connectivity index (χ3n) is 3.65. The third-order valence-corrected chi connectivity index (χ3v) is 4.78. The van der Waals surface area contributed by atoms with Crippen LogP contribution in [0.15, 0.2) is 47.4 Å². The molecule has 1 aliphatic heterocycles. The number of fused-ring (bicyclic) bond motifs is 1. The normalized spacial score (nSPS) is 17.5. The predicted molar refractivity (Wildman–Crippen MR) is 82.6 cm³/mol. The monoisotopic (exact) mass is 303 g/mol. The van der Waals surface area contributed by atoms with Crippen molar-refractivity contribution in [1.82, 2.24) is 0 Å². The minimum atomic E-state index is -3.16. The number of rotatable bonds is 2. The summed E-state index contributed by atoms with van der Waals surface area (Å²) >= 11 is 0. The standard InChI is InChI=1S/C16H17NO3S/c1-11-4-3-5-14-16(11)17-10-15(20-14)12-6-8-13(9-7-12)21(2,18)19/h3-9,15,17H,10H2,1-2H3. The number of hydrogen-bond acceptors (Lipinski definition) is 4. The molecule has 1 aliphatic rings. The molecule has 0 amide bonds. The number of ether oxygens (including phenoxy) is 1. The molecule has 1 unspecified atom stereocenters. The van der Waals surface area contributed by atoms with Crippen LogP contribution in [0.2, 0.25) is 0 Å². The van der Waals surface area contributed by atoms with E-state index in [1.54, 1.807) is 12.1 Å². The number of nitrogens with one attached hydrogen (secondary N) is 1. The summed E-state index contributed by atoms with van der Waals surface area (Å²) in [7, 11) is -3.16. The second-order valence-corrected chi connectivity index (χ2v) is 7.29. The number of anilines is 1. The molecular weight excluding hydrogens is 286 g/mol. The molecule has 1 atom stereocenters. The van der Waals surface area contributed by atoms with E-state index in [-0.39, 0.29) is 6.10 Å². The highest BCUT2D eigenvalue weighted by atomic mass is 32.2. The van der Waals surface area contributed by atoms with Gasteiger partial charge in [-0.3, -0.25) is 0 Å². The van der Waals surface area contributed by atoms with Crippen LogP contribution in [0.1, 0.15) is 17.2 Å². The molecule has 0 saturated heterocycles. The lowest BCUT2D eigenvalue weighted by Crippen LogP contribution is -2.24. The third kappa shape index (κ3) is 2.74. The van der Waals surface area contributed by atoms with Crippen LogP contribution < -0.4 is 10.1 Å². The van der Waals surface area contributed by atoms with Crippen molar-refractivity contribution in [2.24, 2.45) is 0 Å². The molecule has 0 spiro atoms. The highest BCUT2D eigenvalue weighted by Crippen LogP contribution is 2.36. The van der Waals surface area contributed by atoms with Gasteiger partial charge in [-0.15, -0.1) is 0 Å². The van der Waals surface area contributed by atoms with Gasteiger partial charge in [-0.25, -0.2) is 8.42 Å². The Kier molecular flexibility index (Phi) is 3.37. The maximum absolute atomic E-state index is 11.5. The molecule has 5 heteroatoms. The van der Waals surface area contributed by atoms with Gasteiger partial charge >= 0.3 is 0 Å². The van der Waals surface area contributed by atoms with E-state index in [0.717, 1.165) is 22.6 Å². The van der Waals surface area contributed by atoms with Gasteiger partial charge in [0.15, 0.2) is 9.84 Å². The maximum Gasteiger partial charge on any atom is 0.175 e. The van der Waals surface area contributed by atoms with E-state index in [9.17, 15) is 8.42 Å². The van der Waals surface area contributed by atoms with Crippen molar-refractivity contribution in [2.75, 3.05) is 18.1 Å². The lowest BCUT2D eigenvalue weighted by atomic mass is 10.1. The van der Waals surface area contributed by atoms with Crippen molar-refractivity contribution in [3.05, 3.63) is 53.6 Å². The Hall–Kier alpha value is -2.01. The number of aryl methyl sites for hydroxylation is 1. The molecule has 110 valence electrons. The minimum absolute atomic E-state index is 0.118. The van der Waals surface area contributed by atoms with Crippen LogP contribution in [0.3, 0.4) is 0 Å². The maximum atomic E-state index is 11.5. The van der Waals surface area contributed by atoms with E-state index < -0.39 is 9.84 Å². The molecule has 4 nitrogen and oxygen atoms in total. The zero-order valence-corrected chi connectivity index (χ0v) is 12.8. The van der Waals surface area contributed by atoms with Crippen LogP contribution >= 0.6 is 0 Å². The average molecular weight is 303 g/mol. The fourth-order valence-electron chi connectivity index (χ4n) is 2.47. The van der Waals surface area contributed by atoms with Crippen molar-refractivity contribution in [3.8, 4) is 5.75 Å². The molecule has 0 aliphatic carbocycles. The first kappa shape index (κ1) is 13.9. The van der Waals surface area contributed by atoms with E-state index in [1.807, 2.05) is 37.3 Å². The minimum Gasteiger partial charge on any atom is -0.482 e. The van der Waals surface area contributed by atoms with Crippen molar-refractivity contribution >= 4 is 15.5 Å². The number of sulfone groups is 1. The fourth-order valence-corrected chi connectivity index (χ4v) is 3.10. The number of benzene rings is 2. The Morgan fingerprint density at radius 2 is 1.86 bits per heavy atom. The number of hydrogen-bond donors (Lipinski definition) is 1. The molecule has 0 bridgehead atoms. The Labute approximate surface area is 124 Å². The highest BCUT2D eigenvalue weighted by molar-refractivity contribution is 7.90. The van der Waals surface area contributed by atoms with Gasteiger partial charge in [0.05, 0.1) is 17.1 Å². The van der Waals surface area contributed by atoms with E-state index in [1.165, 1.54) is 6.26 Å². The van der Waals surface area contributed by atoms with Crippen LogP contribution in [-0.2, 0) is 9.84 Å². The predicted octanol–water partition coefficient (Wildman–Crippen LogP) is 2.94. The summed E-state index contributed by atoms with van der Waals surface area (Å²) < 4.78 is 29.0. The van der Waals surface area contributed by atoms with E-state index >= 15 is 0 Å². The quantitative estimate of drug-likeness (QED) is 0.927. The molecule has 21 heavy (non-hydrogen) atoms. The molecule has 1 heterocycles. The van der Waals surface area contributed by atoms with Crippen molar-refractivity contribution in [2.45, 2.75) is 17.9 Å². The van der Waals surface area contributed by atoms with Crippen LogP contribution in [0.5, 0.6) is 5.75 Å². The summed E-state index contributed by atoms with van der Waals surface area (Å²) in [6, 6.07) is 12.8. The summed E-state index contributed by atoms with van der Waals surface area (Å²) in [5.74, 6) is 0.832. The molecule has 2 aromatic rings. The largest absolute Gasteiger partial charge is 0.482 e. The van der Waals surface area contributed by atoms with Crippen molar-refractivity contribution in [3.63, 3.8) is 0 Å². The lowest BCUT2D eigenvalue weighted by Gasteiger charge is -2.28. The fraction of sp³-hybridized carbons (Fsp3) is 0.250. The zero-order chi connectivity index (χ0) is 15.0. The van der Waals surface area contributed by atoms with Gasteiger partial charge in [0.2, 0.25) is 0 Å². The van der Waals surface area contributed by atoms with E-state index in [4.69, 9.17) is 4.74 Å². The van der Waals surface area contributed by atoms with Gasteiger partial charge in [-0.1, -0.05) is 24.3 Å². The summed E-state index contributed by atoms with van der Waals surface area (Å²) in [6.45, 7) is 2.70. The molecule has 1 N–H and O–H groups in total. The summed E-state index contributed by atoms with van der Waals surface area (Å²) in [6.07, 6.45) is 1.09. The topological polar surface area (TPSA) is 55.4 Å². The summed E-state index contributed by atoms with van der Waals surface area (Å²) in [5.41, 5.74) is 3.14. The SMILES string of the molecule is Cc1cccc2c1NCC(c1ccc(S(C)(=O)=O)cc1)O2. The molecule has 0 radical (unpaired) electrons. The Balaban J connectivity index is 1.86.